The third-order valence-corrected chi connectivity index (χ3v) is 2.29. The van der Waals surface area contributed by atoms with E-state index in [2.05, 4.69) is 5.10 Å². The molecular weight excluding hydrogens is 229 g/mol. The van der Waals surface area contributed by atoms with Gasteiger partial charge in [0.15, 0.2) is 0 Å². The molecule has 0 aliphatic heterocycles. The van der Waals surface area contributed by atoms with Gasteiger partial charge in [0.25, 0.3) is 0 Å². The monoisotopic (exact) mass is 241 g/mol. The minimum atomic E-state index is -0.212. The fraction of sp³-hybridized carbons (Fsp3) is 0.182. The van der Waals surface area contributed by atoms with Crippen molar-refractivity contribution in [2.24, 2.45) is 5.73 Å². The highest BCUT2D eigenvalue weighted by molar-refractivity contribution is 5.85. The van der Waals surface area contributed by atoms with Gasteiger partial charge in [-0.2, -0.15) is 5.10 Å². The van der Waals surface area contributed by atoms with Gasteiger partial charge in [-0.25, -0.2) is 4.39 Å². The molecule has 0 aliphatic rings. The maximum atomic E-state index is 13.3. The summed E-state index contributed by atoms with van der Waals surface area (Å²) in [5, 5.41) is 4.09. The summed E-state index contributed by atoms with van der Waals surface area (Å²) in [6.45, 7) is 0.834. The molecule has 2 rings (SSSR count). The van der Waals surface area contributed by atoms with Gasteiger partial charge in [-0.15, -0.1) is 12.4 Å². The zero-order valence-electron chi connectivity index (χ0n) is 8.64. The lowest BCUT2D eigenvalue weighted by atomic mass is 10.2. The predicted octanol–water partition coefficient (Wildman–Crippen LogP) is 1.95. The van der Waals surface area contributed by atoms with Gasteiger partial charge in [0.1, 0.15) is 5.82 Å². The van der Waals surface area contributed by atoms with Crippen LogP contribution in [0.4, 0.5) is 4.39 Å². The summed E-state index contributed by atoms with van der Waals surface area (Å²) in [7, 11) is 0. The van der Waals surface area contributed by atoms with E-state index in [0.717, 1.165) is 5.69 Å². The number of benzene rings is 1. The number of nitrogens with two attached hydrogens (primary N) is 1. The smallest absolute Gasteiger partial charge is 0.128 e. The van der Waals surface area contributed by atoms with E-state index in [0.29, 0.717) is 18.7 Å². The van der Waals surface area contributed by atoms with Gasteiger partial charge in [0, 0.05) is 18.3 Å². The summed E-state index contributed by atoms with van der Waals surface area (Å²) in [4.78, 5) is 0. The van der Waals surface area contributed by atoms with Crippen LogP contribution in [0.2, 0.25) is 0 Å². The van der Waals surface area contributed by atoms with Crippen molar-refractivity contribution < 1.29 is 4.39 Å². The summed E-state index contributed by atoms with van der Waals surface area (Å²) in [5.41, 5.74) is 7.05. The molecule has 16 heavy (non-hydrogen) atoms. The number of aromatic nitrogens is 2. The first-order chi connectivity index (χ1) is 7.31. The number of hydrogen-bond donors (Lipinski definition) is 1. The first-order valence-corrected chi connectivity index (χ1v) is 4.75. The van der Waals surface area contributed by atoms with Gasteiger partial charge in [-0.1, -0.05) is 18.2 Å². The fourth-order valence-electron chi connectivity index (χ4n) is 1.46. The Bertz CT molecular complexity index is 456. The van der Waals surface area contributed by atoms with Crippen molar-refractivity contribution >= 4 is 12.4 Å². The van der Waals surface area contributed by atoms with Crippen LogP contribution in [0.15, 0.2) is 36.5 Å². The molecule has 0 atom stereocenters. The van der Waals surface area contributed by atoms with Crippen LogP contribution in [0.3, 0.4) is 0 Å². The molecule has 1 heterocycles. The Balaban J connectivity index is 0.00000128. The van der Waals surface area contributed by atoms with Crippen LogP contribution in [0.1, 0.15) is 11.3 Å². The summed E-state index contributed by atoms with van der Waals surface area (Å²) < 4.78 is 15.1. The molecule has 5 heteroatoms. The second-order valence-corrected chi connectivity index (χ2v) is 3.28. The van der Waals surface area contributed by atoms with Crippen molar-refractivity contribution in [2.75, 3.05) is 0 Å². The zero-order chi connectivity index (χ0) is 10.7. The highest BCUT2D eigenvalue weighted by Crippen LogP contribution is 2.09. The largest absolute Gasteiger partial charge is 0.325 e. The maximum absolute atomic E-state index is 13.3. The van der Waals surface area contributed by atoms with Gasteiger partial charge in [-0.05, 0) is 12.1 Å². The van der Waals surface area contributed by atoms with Gasteiger partial charge < -0.3 is 5.73 Å². The predicted molar refractivity (Wildman–Crippen MR) is 62.9 cm³/mol. The molecular formula is C11H13ClFN3. The molecule has 1 aromatic carbocycles. The molecule has 0 unspecified atom stereocenters. The molecule has 1 aromatic heterocycles. The average molecular weight is 242 g/mol. The standard InChI is InChI=1S/C11H12FN3.ClH/c12-11-4-2-1-3-9(11)8-15-10(7-13)5-6-14-15;/h1-6H,7-8,13H2;1H. The highest BCUT2D eigenvalue weighted by Gasteiger charge is 2.04. The first kappa shape index (κ1) is 12.7. The second-order valence-electron chi connectivity index (χ2n) is 3.28. The number of nitrogens with zero attached hydrogens (tertiary/aromatic N) is 2. The molecule has 0 aliphatic carbocycles. The molecule has 0 saturated carbocycles. The third kappa shape index (κ3) is 2.59. The van der Waals surface area contributed by atoms with Crippen molar-refractivity contribution in [2.45, 2.75) is 13.1 Å². The molecule has 86 valence electrons. The average Bonchev–Trinajstić information content (AvgIpc) is 2.69. The highest BCUT2D eigenvalue weighted by atomic mass is 35.5. The van der Waals surface area contributed by atoms with E-state index in [1.54, 1.807) is 23.0 Å². The molecule has 0 spiro atoms. The first-order valence-electron chi connectivity index (χ1n) is 4.75. The van der Waals surface area contributed by atoms with Crippen LogP contribution < -0.4 is 5.73 Å². The molecule has 0 bridgehead atoms. The molecule has 0 saturated heterocycles. The van der Waals surface area contributed by atoms with Crippen LogP contribution in [-0.2, 0) is 13.1 Å². The van der Waals surface area contributed by atoms with Gasteiger partial charge in [0.05, 0.1) is 12.2 Å². The molecule has 2 aromatic rings. The number of rotatable bonds is 3. The minimum Gasteiger partial charge on any atom is -0.325 e. The maximum Gasteiger partial charge on any atom is 0.128 e. The fourth-order valence-corrected chi connectivity index (χ4v) is 1.46. The van der Waals surface area contributed by atoms with Crippen LogP contribution in [0.25, 0.3) is 0 Å². The SMILES string of the molecule is Cl.NCc1ccnn1Cc1ccccc1F. The van der Waals surface area contributed by atoms with E-state index in [1.807, 2.05) is 12.1 Å². The number of halogens is 2. The Hall–Kier alpha value is -1.39. The Morgan fingerprint density at radius 2 is 2.00 bits per heavy atom. The van der Waals surface area contributed by atoms with E-state index < -0.39 is 0 Å². The summed E-state index contributed by atoms with van der Waals surface area (Å²) >= 11 is 0. The summed E-state index contributed by atoms with van der Waals surface area (Å²) in [6.07, 6.45) is 1.67. The van der Waals surface area contributed by atoms with Crippen LogP contribution in [-0.4, -0.2) is 9.78 Å². The molecule has 3 nitrogen and oxygen atoms in total. The lowest BCUT2D eigenvalue weighted by Crippen LogP contribution is -2.10. The normalized spacial score (nSPS) is 9.88. The quantitative estimate of drug-likeness (QED) is 0.893. The molecule has 0 fully saturated rings. The molecule has 2 N–H and O–H groups in total. The summed E-state index contributed by atoms with van der Waals surface area (Å²) in [6, 6.07) is 8.51. The van der Waals surface area contributed by atoms with Gasteiger partial charge >= 0.3 is 0 Å². The van der Waals surface area contributed by atoms with Gasteiger partial charge in [0.2, 0.25) is 0 Å². The van der Waals surface area contributed by atoms with Gasteiger partial charge in [-0.3, -0.25) is 4.68 Å². The topological polar surface area (TPSA) is 43.8 Å². The Morgan fingerprint density at radius 3 is 2.69 bits per heavy atom. The lowest BCUT2D eigenvalue weighted by Gasteiger charge is -2.06. The third-order valence-electron chi connectivity index (χ3n) is 2.29. The molecule has 0 amide bonds. The van der Waals surface area contributed by atoms with Crippen LogP contribution in [0.5, 0.6) is 0 Å². The van der Waals surface area contributed by atoms with Crippen molar-refractivity contribution in [1.82, 2.24) is 9.78 Å². The van der Waals surface area contributed by atoms with Crippen molar-refractivity contribution in [3.05, 3.63) is 53.6 Å². The lowest BCUT2D eigenvalue weighted by molar-refractivity contribution is 0.575. The Morgan fingerprint density at radius 1 is 1.25 bits per heavy atom. The van der Waals surface area contributed by atoms with Crippen molar-refractivity contribution in [3.8, 4) is 0 Å². The number of hydrogen-bond acceptors (Lipinski definition) is 2. The van der Waals surface area contributed by atoms with E-state index in [9.17, 15) is 4.39 Å². The minimum absolute atomic E-state index is 0. The second kappa shape index (κ2) is 5.63. The Kier molecular flexibility index (Phi) is 4.46. The van der Waals surface area contributed by atoms with Crippen LogP contribution >= 0.6 is 12.4 Å². The molecule has 0 radical (unpaired) electrons. The summed E-state index contributed by atoms with van der Waals surface area (Å²) in [5.74, 6) is -0.212. The van der Waals surface area contributed by atoms with Crippen molar-refractivity contribution in [1.29, 1.82) is 0 Å². The van der Waals surface area contributed by atoms with E-state index >= 15 is 0 Å². The van der Waals surface area contributed by atoms with Crippen LogP contribution in [0, 0.1) is 5.82 Å². The van der Waals surface area contributed by atoms with E-state index in [-0.39, 0.29) is 18.2 Å². The zero-order valence-corrected chi connectivity index (χ0v) is 9.45. The Labute approximate surface area is 99.5 Å². The van der Waals surface area contributed by atoms with Crippen molar-refractivity contribution in [3.63, 3.8) is 0 Å². The van der Waals surface area contributed by atoms with E-state index in [4.69, 9.17) is 5.73 Å². The van der Waals surface area contributed by atoms with E-state index in [1.165, 1.54) is 6.07 Å².